The van der Waals surface area contributed by atoms with E-state index in [1.807, 2.05) is 7.05 Å². The highest BCUT2D eigenvalue weighted by Gasteiger charge is 2.12. The zero-order valence-electron chi connectivity index (χ0n) is 17.1. The smallest absolute Gasteiger partial charge is 0.191 e. The van der Waals surface area contributed by atoms with E-state index in [4.69, 9.17) is 0 Å². The number of halogens is 1. The summed E-state index contributed by atoms with van der Waals surface area (Å²) in [5, 5.41) is 6.83. The summed E-state index contributed by atoms with van der Waals surface area (Å²) in [7, 11) is 1.84. The maximum absolute atomic E-state index is 4.31. The fourth-order valence-electron chi connectivity index (χ4n) is 2.84. The number of nitrogens with zero attached hydrogens (tertiary/aromatic N) is 3. The third kappa shape index (κ3) is 12.3. The molecule has 0 heterocycles. The van der Waals surface area contributed by atoms with Gasteiger partial charge in [-0.1, -0.05) is 13.8 Å². The molecule has 2 N–H and O–H groups in total. The molecular weight excluding hydrogens is 413 g/mol. The van der Waals surface area contributed by atoms with Gasteiger partial charge in [-0.05, 0) is 60.2 Å². The Kier molecular flexibility index (Phi) is 17.9. The van der Waals surface area contributed by atoms with Gasteiger partial charge in [0.1, 0.15) is 0 Å². The number of unbranched alkanes of at least 4 members (excludes halogenated alkanes) is 1. The molecule has 0 radical (unpaired) electrons. The van der Waals surface area contributed by atoms with Crippen molar-refractivity contribution in [1.29, 1.82) is 0 Å². The Balaban J connectivity index is 0. The van der Waals surface area contributed by atoms with Crippen molar-refractivity contribution in [1.82, 2.24) is 20.4 Å². The molecule has 0 atom stereocenters. The Bertz CT molecular complexity index is 296. The molecule has 0 aromatic heterocycles. The normalized spacial score (nSPS) is 12.2. The van der Waals surface area contributed by atoms with Gasteiger partial charge < -0.3 is 15.5 Å². The van der Waals surface area contributed by atoms with Crippen molar-refractivity contribution in [2.45, 2.75) is 66.5 Å². The van der Waals surface area contributed by atoms with Crippen molar-refractivity contribution in [2.75, 3.05) is 46.3 Å². The zero-order valence-corrected chi connectivity index (χ0v) is 19.4. The standard InChI is InChI=1S/C18H41N5.HI/c1-8-22(9-2)14-11-10-12-20-18(19-7)21-13-15-23(16(3)4)17(5)6;/h16-17H,8-15H2,1-7H3,(H2,19,20,21);1H. The molecular formula is C18H42IN5. The summed E-state index contributed by atoms with van der Waals surface area (Å²) in [6.45, 7) is 19.9. The quantitative estimate of drug-likeness (QED) is 0.206. The second-order valence-electron chi connectivity index (χ2n) is 6.59. The van der Waals surface area contributed by atoms with Gasteiger partial charge in [-0.3, -0.25) is 9.89 Å². The molecule has 146 valence electrons. The van der Waals surface area contributed by atoms with Crippen molar-refractivity contribution < 1.29 is 0 Å². The molecule has 0 bridgehead atoms. The van der Waals surface area contributed by atoms with Gasteiger partial charge in [-0.15, -0.1) is 24.0 Å². The molecule has 5 nitrogen and oxygen atoms in total. The third-order valence-electron chi connectivity index (χ3n) is 4.30. The first-order valence-corrected chi connectivity index (χ1v) is 9.38. The van der Waals surface area contributed by atoms with Gasteiger partial charge >= 0.3 is 0 Å². The van der Waals surface area contributed by atoms with E-state index in [1.165, 1.54) is 19.4 Å². The van der Waals surface area contributed by atoms with Crippen LogP contribution in [0.25, 0.3) is 0 Å². The molecule has 0 aliphatic rings. The number of nitrogens with one attached hydrogen (secondary N) is 2. The summed E-state index contributed by atoms with van der Waals surface area (Å²) in [5.41, 5.74) is 0. The molecule has 0 unspecified atom stereocenters. The van der Waals surface area contributed by atoms with Gasteiger partial charge in [0.15, 0.2) is 5.96 Å². The van der Waals surface area contributed by atoms with Crippen LogP contribution in [0, 0.1) is 0 Å². The highest BCUT2D eigenvalue weighted by atomic mass is 127. The second-order valence-corrected chi connectivity index (χ2v) is 6.59. The Labute approximate surface area is 168 Å². The van der Waals surface area contributed by atoms with Crippen molar-refractivity contribution in [3.8, 4) is 0 Å². The van der Waals surface area contributed by atoms with E-state index in [-0.39, 0.29) is 24.0 Å². The average molecular weight is 455 g/mol. The van der Waals surface area contributed by atoms with E-state index in [0.717, 1.165) is 38.7 Å². The van der Waals surface area contributed by atoms with E-state index >= 15 is 0 Å². The summed E-state index contributed by atoms with van der Waals surface area (Å²) in [5.74, 6) is 0.917. The molecule has 0 rings (SSSR count). The molecule has 0 saturated heterocycles. The van der Waals surface area contributed by atoms with Gasteiger partial charge in [-0.2, -0.15) is 0 Å². The number of hydrogen-bond donors (Lipinski definition) is 2. The summed E-state index contributed by atoms with van der Waals surface area (Å²) < 4.78 is 0. The van der Waals surface area contributed by atoms with Crippen LogP contribution in [0.1, 0.15) is 54.4 Å². The monoisotopic (exact) mass is 455 g/mol. The number of hydrogen-bond acceptors (Lipinski definition) is 3. The van der Waals surface area contributed by atoms with Gasteiger partial charge in [-0.25, -0.2) is 0 Å². The fourth-order valence-corrected chi connectivity index (χ4v) is 2.84. The molecule has 0 aromatic rings. The highest BCUT2D eigenvalue weighted by Crippen LogP contribution is 2.03. The Morgan fingerprint density at radius 2 is 1.42 bits per heavy atom. The lowest BCUT2D eigenvalue weighted by Gasteiger charge is -2.30. The topological polar surface area (TPSA) is 42.9 Å². The Morgan fingerprint density at radius 1 is 0.875 bits per heavy atom. The first-order valence-electron chi connectivity index (χ1n) is 9.38. The molecule has 0 aromatic carbocycles. The minimum atomic E-state index is 0. The van der Waals surface area contributed by atoms with E-state index < -0.39 is 0 Å². The number of rotatable bonds is 12. The van der Waals surface area contributed by atoms with Gasteiger partial charge in [0.2, 0.25) is 0 Å². The molecule has 0 saturated carbocycles. The predicted octanol–water partition coefficient (Wildman–Crippen LogP) is 3.01. The van der Waals surface area contributed by atoms with Gasteiger partial charge in [0, 0.05) is 38.8 Å². The first kappa shape index (κ1) is 26.2. The maximum atomic E-state index is 4.31. The second kappa shape index (κ2) is 16.4. The van der Waals surface area contributed by atoms with Crippen LogP contribution in [0.3, 0.4) is 0 Å². The molecule has 24 heavy (non-hydrogen) atoms. The number of aliphatic imine (C=N–C) groups is 1. The fraction of sp³-hybridized carbons (Fsp3) is 0.944. The van der Waals surface area contributed by atoms with Crippen LogP contribution in [0.5, 0.6) is 0 Å². The summed E-state index contributed by atoms with van der Waals surface area (Å²) in [6.07, 6.45) is 2.42. The van der Waals surface area contributed by atoms with E-state index in [0.29, 0.717) is 12.1 Å². The van der Waals surface area contributed by atoms with E-state index in [2.05, 4.69) is 67.0 Å². The SMILES string of the molecule is CCN(CC)CCCCNC(=NC)NCCN(C(C)C)C(C)C.I. The summed E-state index contributed by atoms with van der Waals surface area (Å²) >= 11 is 0. The van der Waals surface area contributed by atoms with E-state index in [9.17, 15) is 0 Å². The highest BCUT2D eigenvalue weighted by molar-refractivity contribution is 14.0. The number of guanidine groups is 1. The van der Waals surface area contributed by atoms with Crippen LogP contribution in [0.4, 0.5) is 0 Å². The van der Waals surface area contributed by atoms with Crippen LogP contribution in [-0.4, -0.2) is 74.2 Å². The largest absolute Gasteiger partial charge is 0.356 e. The maximum Gasteiger partial charge on any atom is 0.191 e. The van der Waals surface area contributed by atoms with Crippen LogP contribution in [-0.2, 0) is 0 Å². The Morgan fingerprint density at radius 3 is 1.88 bits per heavy atom. The zero-order chi connectivity index (χ0) is 17.7. The van der Waals surface area contributed by atoms with Gasteiger partial charge in [0.25, 0.3) is 0 Å². The molecule has 6 heteroatoms. The molecule has 0 spiro atoms. The van der Waals surface area contributed by atoms with Crippen molar-refractivity contribution >= 4 is 29.9 Å². The Hall–Kier alpha value is -0.0800. The van der Waals surface area contributed by atoms with Gasteiger partial charge in [0.05, 0.1) is 0 Å². The van der Waals surface area contributed by atoms with Crippen LogP contribution in [0.2, 0.25) is 0 Å². The van der Waals surface area contributed by atoms with E-state index in [1.54, 1.807) is 0 Å². The van der Waals surface area contributed by atoms with Crippen molar-refractivity contribution in [2.24, 2.45) is 4.99 Å². The third-order valence-corrected chi connectivity index (χ3v) is 4.30. The lowest BCUT2D eigenvalue weighted by molar-refractivity contribution is 0.178. The minimum Gasteiger partial charge on any atom is -0.356 e. The lowest BCUT2D eigenvalue weighted by atomic mass is 10.2. The van der Waals surface area contributed by atoms with Crippen LogP contribution < -0.4 is 10.6 Å². The minimum absolute atomic E-state index is 0. The predicted molar refractivity (Wildman–Crippen MR) is 119 cm³/mol. The lowest BCUT2D eigenvalue weighted by Crippen LogP contribution is -2.45. The first-order chi connectivity index (χ1) is 11.0. The summed E-state index contributed by atoms with van der Waals surface area (Å²) in [4.78, 5) is 9.27. The molecule has 0 aliphatic heterocycles. The molecule has 0 aliphatic carbocycles. The van der Waals surface area contributed by atoms with Crippen LogP contribution in [0.15, 0.2) is 4.99 Å². The van der Waals surface area contributed by atoms with Crippen LogP contribution >= 0.6 is 24.0 Å². The van der Waals surface area contributed by atoms with Crippen molar-refractivity contribution in [3.05, 3.63) is 0 Å². The summed E-state index contributed by atoms with van der Waals surface area (Å²) in [6, 6.07) is 1.15. The average Bonchev–Trinajstić information content (AvgIpc) is 2.52. The molecule has 0 fully saturated rings. The van der Waals surface area contributed by atoms with Crippen molar-refractivity contribution in [3.63, 3.8) is 0 Å². The molecule has 0 amide bonds.